The van der Waals surface area contributed by atoms with Gasteiger partial charge < -0.3 is 14.8 Å². The van der Waals surface area contributed by atoms with Gasteiger partial charge in [-0.1, -0.05) is 23.5 Å². The summed E-state index contributed by atoms with van der Waals surface area (Å²) in [6.07, 6.45) is 0. The molecule has 1 amide bonds. The van der Waals surface area contributed by atoms with Crippen LogP contribution in [0.3, 0.4) is 0 Å². The first kappa shape index (κ1) is 20.8. The third kappa shape index (κ3) is 4.57. The van der Waals surface area contributed by atoms with Gasteiger partial charge in [0.2, 0.25) is 5.91 Å². The fourth-order valence-electron chi connectivity index (χ4n) is 2.74. The number of aryl methyl sites for hydroxylation is 1. The van der Waals surface area contributed by atoms with Gasteiger partial charge in [0.1, 0.15) is 22.9 Å². The Bertz CT molecular complexity index is 1080. The molecule has 0 unspecified atom stereocenters. The zero-order valence-corrected chi connectivity index (χ0v) is 17.8. The van der Waals surface area contributed by atoms with Crippen molar-refractivity contribution >= 4 is 39.6 Å². The Hall–Kier alpha value is -2.91. The summed E-state index contributed by atoms with van der Waals surface area (Å²) in [5, 5.41) is 6.64. The first-order chi connectivity index (χ1) is 13.9. The Morgan fingerprint density at radius 2 is 1.86 bits per heavy atom. The minimum Gasteiger partial charge on any atom is -0.497 e. The van der Waals surface area contributed by atoms with E-state index in [1.165, 1.54) is 15.9 Å². The highest BCUT2D eigenvalue weighted by Gasteiger charge is 2.23. The minimum absolute atomic E-state index is 0.119. The second kappa shape index (κ2) is 9.06. The predicted molar refractivity (Wildman–Crippen MR) is 114 cm³/mol. The van der Waals surface area contributed by atoms with E-state index < -0.39 is 5.97 Å². The molecule has 0 atom stereocenters. The molecule has 3 aromatic rings. The number of anilines is 1. The zero-order valence-electron chi connectivity index (χ0n) is 16.2. The van der Waals surface area contributed by atoms with Crippen LogP contribution in [0.2, 0.25) is 0 Å². The Morgan fingerprint density at radius 3 is 2.45 bits per heavy atom. The number of hydrogen-bond donors (Lipinski definition) is 1. The van der Waals surface area contributed by atoms with Crippen molar-refractivity contribution in [3.8, 4) is 16.9 Å². The topological polar surface area (TPSA) is 86.6 Å². The number of amides is 1. The van der Waals surface area contributed by atoms with E-state index in [1.807, 2.05) is 12.1 Å². The van der Waals surface area contributed by atoms with Gasteiger partial charge in [-0.3, -0.25) is 14.2 Å². The summed E-state index contributed by atoms with van der Waals surface area (Å²) >= 11 is 2.28. The van der Waals surface area contributed by atoms with Gasteiger partial charge in [-0.2, -0.15) is 0 Å². The molecule has 0 aliphatic rings. The van der Waals surface area contributed by atoms with Crippen molar-refractivity contribution in [2.45, 2.75) is 20.4 Å². The number of methoxy groups -OCH3 is 1. The summed E-state index contributed by atoms with van der Waals surface area (Å²) in [5.74, 6) is -0.201. The molecule has 152 valence electrons. The van der Waals surface area contributed by atoms with Crippen molar-refractivity contribution in [1.29, 1.82) is 0 Å². The maximum atomic E-state index is 12.6. The van der Waals surface area contributed by atoms with Gasteiger partial charge in [-0.05, 0) is 31.5 Å². The third-order valence-corrected chi connectivity index (χ3v) is 5.98. The number of aromatic nitrogens is 1. The average Bonchev–Trinajstić information content (AvgIpc) is 3.26. The number of thiophene rings is 1. The summed E-state index contributed by atoms with van der Waals surface area (Å²) in [7, 11) is 1.58. The molecule has 0 fully saturated rings. The first-order valence-electron chi connectivity index (χ1n) is 8.82. The summed E-state index contributed by atoms with van der Waals surface area (Å²) < 4.78 is 11.8. The Kier molecular flexibility index (Phi) is 6.50. The number of nitrogens with zero attached hydrogens (tertiary/aromatic N) is 1. The van der Waals surface area contributed by atoms with E-state index in [9.17, 15) is 14.4 Å². The normalized spacial score (nSPS) is 10.6. The van der Waals surface area contributed by atoms with Gasteiger partial charge >= 0.3 is 10.8 Å². The Morgan fingerprint density at radius 1 is 1.14 bits per heavy atom. The number of thiazole rings is 1. The van der Waals surface area contributed by atoms with Crippen molar-refractivity contribution in [2.24, 2.45) is 0 Å². The van der Waals surface area contributed by atoms with Crippen LogP contribution >= 0.6 is 22.7 Å². The maximum Gasteiger partial charge on any atom is 0.341 e. The maximum absolute atomic E-state index is 12.6. The SMILES string of the molecule is CCOC(=O)c1c(-c2ccc(OC)cc2)csc1NC(=O)Cn1c(C)csc1=O. The number of esters is 1. The predicted octanol–water partition coefficient (Wildman–Crippen LogP) is 3.77. The number of ether oxygens (including phenoxy) is 2. The Labute approximate surface area is 175 Å². The van der Waals surface area contributed by atoms with Crippen LogP contribution in [-0.4, -0.2) is 30.2 Å². The summed E-state index contributed by atoms with van der Waals surface area (Å²) in [6, 6.07) is 7.27. The van der Waals surface area contributed by atoms with Crippen LogP contribution in [0.15, 0.2) is 39.8 Å². The molecule has 0 spiro atoms. The van der Waals surface area contributed by atoms with Crippen molar-refractivity contribution in [3.63, 3.8) is 0 Å². The summed E-state index contributed by atoms with van der Waals surface area (Å²) in [4.78, 5) is 36.8. The molecule has 1 aromatic carbocycles. The van der Waals surface area contributed by atoms with Gasteiger partial charge in [0, 0.05) is 22.0 Å². The highest BCUT2D eigenvalue weighted by atomic mass is 32.1. The smallest absolute Gasteiger partial charge is 0.341 e. The fourth-order valence-corrected chi connectivity index (χ4v) is 4.45. The lowest BCUT2D eigenvalue weighted by Crippen LogP contribution is -2.25. The van der Waals surface area contributed by atoms with Crippen LogP contribution in [-0.2, 0) is 16.1 Å². The zero-order chi connectivity index (χ0) is 21.0. The van der Waals surface area contributed by atoms with Crippen molar-refractivity contribution in [1.82, 2.24) is 4.57 Å². The van der Waals surface area contributed by atoms with Crippen LogP contribution in [0, 0.1) is 6.92 Å². The van der Waals surface area contributed by atoms with Crippen LogP contribution < -0.4 is 14.9 Å². The average molecular weight is 433 g/mol. The summed E-state index contributed by atoms with van der Waals surface area (Å²) in [5.41, 5.74) is 2.47. The van der Waals surface area contributed by atoms with E-state index in [4.69, 9.17) is 9.47 Å². The second-order valence-electron chi connectivity index (χ2n) is 6.08. The van der Waals surface area contributed by atoms with Crippen LogP contribution in [0.1, 0.15) is 23.0 Å². The molecule has 1 N–H and O–H groups in total. The van der Waals surface area contributed by atoms with Gasteiger partial charge in [-0.15, -0.1) is 11.3 Å². The van der Waals surface area contributed by atoms with Gasteiger partial charge in [0.05, 0.1) is 13.7 Å². The first-order valence-corrected chi connectivity index (χ1v) is 10.6. The molecule has 0 radical (unpaired) electrons. The lowest BCUT2D eigenvalue weighted by molar-refractivity contribution is -0.116. The molecule has 7 nitrogen and oxygen atoms in total. The van der Waals surface area contributed by atoms with Gasteiger partial charge in [0.25, 0.3) is 0 Å². The highest BCUT2D eigenvalue weighted by Crippen LogP contribution is 2.36. The molecule has 2 heterocycles. The number of rotatable bonds is 7. The molecule has 0 aliphatic carbocycles. The quantitative estimate of drug-likeness (QED) is 0.575. The highest BCUT2D eigenvalue weighted by molar-refractivity contribution is 7.15. The van der Waals surface area contributed by atoms with Crippen molar-refractivity contribution in [3.05, 3.63) is 56.0 Å². The van der Waals surface area contributed by atoms with Crippen LogP contribution in [0.4, 0.5) is 5.00 Å². The lowest BCUT2D eigenvalue weighted by Gasteiger charge is -2.10. The van der Waals surface area contributed by atoms with E-state index >= 15 is 0 Å². The number of carbonyl (C=O) groups is 2. The molecule has 0 aliphatic heterocycles. The minimum atomic E-state index is -0.515. The monoisotopic (exact) mass is 432 g/mol. The van der Waals surface area contributed by atoms with E-state index in [0.717, 1.165) is 16.9 Å². The van der Waals surface area contributed by atoms with E-state index in [1.54, 1.807) is 43.9 Å². The fraction of sp³-hybridized carbons (Fsp3) is 0.250. The number of benzene rings is 1. The molecule has 29 heavy (non-hydrogen) atoms. The summed E-state index contributed by atoms with van der Waals surface area (Å²) in [6.45, 7) is 3.59. The number of carbonyl (C=O) groups excluding carboxylic acids is 2. The standard InChI is InChI=1S/C20H20N2O5S2/c1-4-27-19(24)17-15(13-5-7-14(26-3)8-6-13)11-28-18(17)21-16(23)9-22-12(2)10-29-20(22)25/h5-8,10-11H,4,9H2,1-3H3,(H,21,23). The molecular weight excluding hydrogens is 412 g/mol. The van der Waals surface area contributed by atoms with Crippen molar-refractivity contribution < 1.29 is 19.1 Å². The molecule has 3 rings (SSSR count). The molecule has 0 bridgehead atoms. The molecule has 0 saturated carbocycles. The van der Waals surface area contributed by atoms with E-state index in [0.29, 0.717) is 27.6 Å². The van der Waals surface area contributed by atoms with Crippen LogP contribution in [0.25, 0.3) is 11.1 Å². The van der Waals surface area contributed by atoms with Gasteiger partial charge in [0.15, 0.2) is 0 Å². The van der Waals surface area contributed by atoms with Gasteiger partial charge in [-0.25, -0.2) is 4.79 Å². The van der Waals surface area contributed by atoms with Crippen LogP contribution in [0.5, 0.6) is 5.75 Å². The second-order valence-corrected chi connectivity index (χ2v) is 7.78. The van der Waals surface area contributed by atoms with E-state index in [-0.39, 0.29) is 23.9 Å². The molecular formula is C20H20N2O5S2. The third-order valence-electron chi connectivity index (χ3n) is 4.20. The number of hydrogen-bond acceptors (Lipinski definition) is 7. The largest absolute Gasteiger partial charge is 0.497 e. The van der Waals surface area contributed by atoms with Crippen molar-refractivity contribution in [2.75, 3.05) is 19.0 Å². The van der Waals surface area contributed by atoms with E-state index in [2.05, 4.69) is 5.32 Å². The molecule has 2 aromatic heterocycles. The Balaban J connectivity index is 1.91. The lowest BCUT2D eigenvalue weighted by atomic mass is 10.0. The number of nitrogens with one attached hydrogen (secondary N) is 1. The molecule has 9 heteroatoms. The molecule has 0 saturated heterocycles.